The summed E-state index contributed by atoms with van der Waals surface area (Å²) < 4.78 is 0. The third-order valence-electron chi connectivity index (χ3n) is 5.20. The molecule has 1 saturated carbocycles. The lowest BCUT2D eigenvalue weighted by atomic mass is 10.0. The normalized spacial score (nSPS) is 15.0. The highest BCUT2D eigenvalue weighted by atomic mass is 16.2. The van der Waals surface area contributed by atoms with Gasteiger partial charge in [0.05, 0.1) is 22.8 Å². The highest BCUT2D eigenvalue weighted by molar-refractivity contribution is 6.06. The van der Waals surface area contributed by atoms with Gasteiger partial charge in [-0.1, -0.05) is 24.3 Å². The minimum absolute atomic E-state index is 0.0250. The van der Waals surface area contributed by atoms with Gasteiger partial charge in [0, 0.05) is 24.3 Å². The molecule has 1 aliphatic rings. The lowest BCUT2D eigenvalue weighted by Crippen LogP contribution is -2.33. The Kier molecular flexibility index (Phi) is 4.19. The van der Waals surface area contributed by atoms with Crippen LogP contribution in [0, 0.1) is 19.8 Å². The summed E-state index contributed by atoms with van der Waals surface area (Å²) in [5, 5.41) is 0.919. The molecule has 0 radical (unpaired) electrons. The van der Waals surface area contributed by atoms with E-state index in [-0.39, 0.29) is 11.9 Å². The van der Waals surface area contributed by atoms with E-state index in [1.54, 1.807) is 6.20 Å². The van der Waals surface area contributed by atoms with E-state index >= 15 is 0 Å². The Morgan fingerprint density at radius 1 is 1.15 bits per heavy atom. The van der Waals surface area contributed by atoms with Crippen LogP contribution in [0.1, 0.15) is 46.2 Å². The monoisotopic (exact) mass is 345 g/mol. The van der Waals surface area contributed by atoms with Crippen molar-refractivity contribution >= 4 is 16.8 Å². The summed E-state index contributed by atoms with van der Waals surface area (Å²) >= 11 is 0. The molecule has 0 aliphatic heterocycles. The molecule has 4 heteroatoms. The van der Waals surface area contributed by atoms with E-state index in [1.165, 1.54) is 0 Å². The number of pyridine rings is 2. The van der Waals surface area contributed by atoms with E-state index in [0.29, 0.717) is 5.92 Å². The van der Waals surface area contributed by atoms with Crippen molar-refractivity contribution in [1.82, 2.24) is 14.9 Å². The molecule has 0 spiro atoms. The number of carbonyl (C=O) groups is 1. The summed E-state index contributed by atoms with van der Waals surface area (Å²) in [5.41, 5.74) is 4.55. The van der Waals surface area contributed by atoms with Crippen LogP contribution < -0.4 is 0 Å². The van der Waals surface area contributed by atoms with Crippen LogP contribution in [-0.4, -0.2) is 27.8 Å². The van der Waals surface area contributed by atoms with Gasteiger partial charge in [-0.3, -0.25) is 14.8 Å². The second-order valence-electron chi connectivity index (χ2n) is 7.24. The van der Waals surface area contributed by atoms with Gasteiger partial charge in [-0.2, -0.15) is 0 Å². The van der Waals surface area contributed by atoms with E-state index in [2.05, 4.69) is 9.97 Å². The molecule has 4 nitrogen and oxygen atoms in total. The number of benzene rings is 1. The molecule has 1 amide bonds. The van der Waals surface area contributed by atoms with Gasteiger partial charge in [-0.05, 0) is 56.4 Å². The Hall–Kier alpha value is -2.75. The minimum Gasteiger partial charge on any atom is -0.333 e. The van der Waals surface area contributed by atoms with Gasteiger partial charge >= 0.3 is 0 Å². The maximum Gasteiger partial charge on any atom is 0.254 e. The highest BCUT2D eigenvalue weighted by Gasteiger charge is 2.38. The largest absolute Gasteiger partial charge is 0.333 e. The molecule has 1 fully saturated rings. The van der Waals surface area contributed by atoms with Crippen LogP contribution in [0.2, 0.25) is 0 Å². The summed E-state index contributed by atoms with van der Waals surface area (Å²) in [6.45, 7) is 3.98. The molecule has 2 aromatic heterocycles. The van der Waals surface area contributed by atoms with Gasteiger partial charge < -0.3 is 4.90 Å². The van der Waals surface area contributed by atoms with E-state index in [9.17, 15) is 4.79 Å². The quantitative estimate of drug-likeness (QED) is 0.701. The van der Waals surface area contributed by atoms with Gasteiger partial charge in [0.2, 0.25) is 0 Å². The van der Waals surface area contributed by atoms with Gasteiger partial charge in [0.15, 0.2) is 0 Å². The second kappa shape index (κ2) is 6.52. The number of carbonyl (C=O) groups excluding carboxylic acids is 1. The van der Waals surface area contributed by atoms with Crippen molar-refractivity contribution in [2.75, 3.05) is 7.05 Å². The predicted molar refractivity (Wildman–Crippen MR) is 103 cm³/mol. The highest BCUT2D eigenvalue weighted by Crippen LogP contribution is 2.44. The summed E-state index contributed by atoms with van der Waals surface area (Å²) in [5.74, 6) is 0.531. The van der Waals surface area contributed by atoms with E-state index in [1.807, 2.05) is 68.3 Å². The Morgan fingerprint density at radius 2 is 1.96 bits per heavy atom. The van der Waals surface area contributed by atoms with Crippen molar-refractivity contribution < 1.29 is 4.79 Å². The van der Waals surface area contributed by atoms with E-state index in [0.717, 1.165) is 46.3 Å². The number of rotatable bonds is 4. The zero-order valence-corrected chi connectivity index (χ0v) is 15.4. The first kappa shape index (κ1) is 16.7. The topological polar surface area (TPSA) is 46.1 Å². The Balaban J connectivity index is 1.77. The molecule has 3 aromatic rings. The SMILES string of the molecule is Cc1cc(C(=O)N(C)[C@@H](c2ccccn2)C2CC2)c2cccc(C)c2n1. The molecular weight excluding hydrogens is 322 g/mol. The fourth-order valence-electron chi connectivity index (χ4n) is 3.73. The van der Waals surface area contributed by atoms with Crippen molar-refractivity contribution in [2.24, 2.45) is 5.92 Å². The first-order chi connectivity index (χ1) is 12.6. The second-order valence-corrected chi connectivity index (χ2v) is 7.24. The number of hydrogen-bond acceptors (Lipinski definition) is 3. The van der Waals surface area contributed by atoms with Crippen molar-refractivity contribution in [3.05, 3.63) is 71.2 Å². The van der Waals surface area contributed by atoms with Crippen LogP contribution in [0.5, 0.6) is 0 Å². The van der Waals surface area contributed by atoms with Crippen LogP contribution in [0.4, 0.5) is 0 Å². The van der Waals surface area contributed by atoms with Crippen LogP contribution in [0.25, 0.3) is 10.9 Å². The zero-order valence-electron chi connectivity index (χ0n) is 15.4. The number of para-hydroxylation sites is 1. The lowest BCUT2D eigenvalue weighted by Gasteiger charge is -2.28. The smallest absolute Gasteiger partial charge is 0.254 e. The third kappa shape index (κ3) is 2.96. The number of nitrogens with zero attached hydrogens (tertiary/aromatic N) is 3. The molecule has 4 rings (SSSR count). The molecule has 26 heavy (non-hydrogen) atoms. The molecule has 0 bridgehead atoms. The summed E-state index contributed by atoms with van der Waals surface area (Å²) in [6, 6.07) is 13.9. The molecule has 2 heterocycles. The number of fused-ring (bicyclic) bond motifs is 1. The van der Waals surface area contributed by atoms with Gasteiger partial charge in [-0.15, -0.1) is 0 Å². The third-order valence-corrected chi connectivity index (χ3v) is 5.20. The Morgan fingerprint density at radius 3 is 2.65 bits per heavy atom. The van der Waals surface area contributed by atoms with Crippen molar-refractivity contribution in [1.29, 1.82) is 0 Å². The number of aryl methyl sites for hydroxylation is 2. The van der Waals surface area contributed by atoms with Crippen LogP contribution in [0.3, 0.4) is 0 Å². The Bertz CT molecular complexity index is 964. The van der Waals surface area contributed by atoms with Gasteiger partial charge in [0.1, 0.15) is 0 Å². The van der Waals surface area contributed by atoms with E-state index in [4.69, 9.17) is 0 Å². The minimum atomic E-state index is 0.0250. The standard InChI is InChI=1S/C22H23N3O/c1-14-7-6-8-17-18(13-15(2)24-20(14)17)22(26)25(3)21(16-10-11-16)19-9-4-5-12-23-19/h4-9,12-13,16,21H,10-11H2,1-3H3/t21-/m1/s1. The molecule has 0 saturated heterocycles. The maximum atomic E-state index is 13.4. The number of hydrogen-bond donors (Lipinski definition) is 0. The van der Waals surface area contributed by atoms with Crippen molar-refractivity contribution in [3.8, 4) is 0 Å². The average Bonchev–Trinajstić information content (AvgIpc) is 3.47. The molecule has 1 atom stereocenters. The van der Waals surface area contributed by atoms with E-state index < -0.39 is 0 Å². The fraction of sp³-hybridized carbons (Fsp3) is 0.318. The lowest BCUT2D eigenvalue weighted by molar-refractivity contribution is 0.0709. The molecule has 1 aliphatic carbocycles. The number of aromatic nitrogens is 2. The van der Waals surface area contributed by atoms with Crippen LogP contribution in [-0.2, 0) is 0 Å². The molecule has 0 unspecified atom stereocenters. The zero-order chi connectivity index (χ0) is 18.3. The predicted octanol–water partition coefficient (Wildman–Crippen LogP) is 4.47. The Labute approximate surface area is 153 Å². The van der Waals surface area contributed by atoms with Gasteiger partial charge in [-0.25, -0.2) is 0 Å². The first-order valence-corrected chi connectivity index (χ1v) is 9.11. The van der Waals surface area contributed by atoms with Gasteiger partial charge in [0.25, 0.3) is 5.91 Å². The molecule has 0 N–H and O–H groups in total. The summed E-state index contributed by atoms with van der Waals surface area (Å²) in [4.78, 5) is 24.5. The first-order valence-electron chi connectivity index (χ1n) is 9.11. The fourth-order valence-corrected chi connectivity index (χ4v) is 3.73. The summed E-state index contributed by atoms with van der Waals surface area (Å²) in [7, 11) is 1.90. The van der Waals surface area contributed by atoms with Crippen LogP contribution >= 0.6 is 0 Å². The molecule has 132 valence electrons. The summed E-state index contributed by atoms with van der Waals surface area (Å²) in [6.07, 6.45) is 4.10. The average molecular weight is 345 g/mol. The number of amides is 1. The maximum absolute atomic E-state index is 13.4. The van der Waals surface area contributed by atoms with Crippen LogP contribution in [0.15, 0.2) is 48.7 Å². The van der Waals surface area contributed by atoms with Crippen molar-refractivity contribution in [3.63, 3.8) is 0 Å². The van der Waals surface area contributed by atoms with Crippen molar-refractivity contribution in [2.45, 2.75) is 32.7 Å². The molecule has 1 aromatic carbocycles. The molecular formula is C22H23N3O.